The summed E-state index contributed by atoms with van der Waals surface area (Å²) in [4.78, 5) is 14.5. The zero-order chi connectivity index (χ0) is 20.2. The minimum atomic E-state index is -4.49. The number of esters is 1. The van der Waals surface area contributed by atoms with Crippen LogP contribution in [0.2, 0.25) is 0 Å². The van der Waals surface area contributed by atoms with E-state index in [2.05, 4.69) is 4.98 Å². The van der Waals surface area contributed by atoms with Crippen LogP contribution in [-0.4, -0.2) is 23.2 Å². The number of nitrogens with one attached hydrogen (secondary N) is 1. The summed E-state index contributed by atoms with van der Waals surface area (Å²) in [5.41, 5.74) is 0.661. The standard InChI is InChI=1S/C20H22F3NO3/c1-12(2)26-17-9-15(8-16(10-17)20(21,22)23)18-7-14(11-24-18)5-6-19(25)27-13(3)4/h5-13,24H,1-4H3/b6-5-. The summed E-state index contributed by atoms with van der Waals surface area (Å²) in [5.74, 6) is -0.346. The fourth-order valence-corrected chi connectivity index (χ4v) is 2.37. The van der Waals surface area contributed by atoms with Crippen molar-refractivity contribution in [2.45, 2.75) is 46.1 Å². The zero-order valence-electron chi connectivity index (χ0n) is 15.6. The molecule has 4 nitrogen and oxygen atoms in total. The van der Waals surface area contributed by atoms with E-state index in [1.165, 1.54) is 12.2 Å². The van der Waals surface area contributed by atoms with E-state index in [1.54, 1.807) is 46.0 Å². The van der Waals surface area contributed by atoms with Gasteiger partial charge in [-0.3, -0.25) is 0 Å². The number of hydrogen-bond donors (Lipinski definition) is 1. The van der Waals surface area contributed by atoms with Gasteiger partial charge in [-0.15, -0.1) is 0 Å². The lowest BCUT2D eigenvalue weighted by Crippen LogP contribution is -2.09. The van der Waals surface area contributed by atoms with Crippen molar-refractivity contribution in [2.75, 3.05) is 0 Å². The fourth-order valence-electron chi connectivity index (χ4n) is 2.37. The van der Waals surface area contributed by atoms with Crippen LogP contribution >= 0.6 is 0 Å². The van der Waals surface area contributed by atoms with Crippen LogP contribution in [0.1, 0.15) is 38.8 Å². The molecule has 1 N–H and O–H groups in total. The second-order valence-corrected chi connectivity index (χ2v) is 6.58. The van der Waals surface area contributed by atoms with E-state index >= 15 is 0 Å². The number of hydrogen-bond acceptors (Lipinski definition) is 3. The second kappa shape index (κ2) is 8.33. The van der Waals surface area contributed by atoms with Crippen LogP contribution in [0.25, 0.3) is 17.3 Å². The Hall–Kier alpha value is -2.70. The van der Waals surface area contributed by atoms with Crippen molar-refractivity contribution >= 4 is 12.0 Å². The summed E-state index contributed by atoms with van der Waals surface area (Å²) in [7, 11) is 0. The van der Waals surface area contributed by atoms with E-state index in [1.807, 2.05) is 0 Å². The smallest absolute Gasteiger partial charge is 0.416 e. The summed E-state index contributed by atoms with van der Waals surface area (Å²) < 4.78 is 50.0. The fraction of sp³-hybridized carbons (Fsp3) is 0.350. The molecule has 0 aliphatic heterocycles. The summed E-state index contributed by atoms with van der Waals surface area (Å²) >= 11 is 0. The SMILES string of the molecule is CC(C)OC(=O)/C=C\c1c[nH]c(-c2cc(OC(C)C)cc(C(F)(F)F)c2)c1. The molecular formula is C20H22F3NO3. The highest BCUT2D eigenvalue weighted by atomic mass is 19.4. The summed E-state index contributed by atoms with van der Waals surface area (Å²) in [6.45, 7) is 6.97. The predicted molar refractivity (Wildman–Crippen MR) is 97.3 cm³/mol. The number of alkyl halides is 3. The molecule has 0 saturated carbocycles. The van der Waals surface area contributed by atoms with Gasteiger partial charge in [0.05, 0.1) is 17.8 Å². The van der Waals surface area contributed by atoms with E-state index in [0.29, 0.717) is 16.8 Å². The van der Waals surface area contributed by atoms with Crippen molar-refractivity contribution in [3.05, 3.63) is 47.7 Å². The van der Waals surface area contributed by atoms with Crippen LogP contribution in [0.3, 0.4) is 0 Å². The molecule has 0 aliphatic rings. The van der Waals surface area contributed by atoms with Gasteiger partial charge in [0.2, 0.25) is 0 Å². The monoisotopic (exact) mass is 381 g/mol. The van der Waals surface area contributed by atoms with Crippen molar-refractivity contribution in [2.24, 2.45) is 0 Å². The number of carbonyl (C=O) groups excluding carboxylic acids is 1. The van der Waals surface area contributed by atoms with Crippen molar-refractivity contribution in [3.63, 3.8) is 0 Å². The predicted octanol–water partition coefficient (Wildman–Crippen LogP) is 5.45. The van der Waals surface area contributed by atoms with Crippen LogP contribution in [-0.2, 0) is 15.7 Å². The molecule has 1 heterocycles. The number of H-pyrrole nitrogens is 1. The molecular weight excluding hydrogens is 359 g/mol. The number of rotatable bonds is 6. The molecule has 2 aromatic rings. The number of benzene rings is 1. The molecule has 0 unspecified atom stereocenters. The van der Waals surface area contributed by atoms with E-state index in [9.17, 15) is 18.0 Å². The Labute approximate surface area is 156 Å². The third-order valence-electron chi connectivity index (χ3n) is 3.39. The average molecular weight is 381 g/mol. The Balaban J connectivity index is 2.31. The van der Waals surface area contributed by atoms with Gasteiger partial charge in [0.1, 0.15) is 5.75 Å². The summed E-state index contributed by atoms with van der Waals surface area (Å²) in [6, 6.07) is 5.23. The maximum atomic E-state index is 13.2. The number of aromatic nitrogens is 1. The van der Waals surface area contributed by atoms with Gasteiger partial charge in [0.25, 0.3) is 0 Å². The van der Waals surface area contributed by atoms with Gasteiger partial charge in [-0.2, -0.15) is 13.2 Å². The highest BCUT2D eigenvalue weighted by molar-refractivity contribution is 5.87. The second-order valence-electron chi connectivity index (χ2n) is 6.58. The highest BCUT2D eigenvalue weighted by Crippen LogP contribution is 2.35. The Morgan fingerprint density at radius 3 is 2.37 bits per heavy atom. The molecule has 0 saturated heterocycles. The minimum Gasteiger partial charge on any atom is -0.491 e. The van der Waals surface area contributed by atoms with Gasteiger partial charge >= 0.3 is 12.1 Å². The molecule has 0 amide bonds. The Kier molecular flexibility index (Phi) is 6.36. The molecule has 1 aromatic heterocycles. The lowest BCUT2D eigenvalue weighted by atomic mass is 10.1. The van der Waals surface area contributed by atoms with Gasteiger partial charge in [-0.25, -0.2) is 4.79 Å². The van der Waals surface area contributed by atoms with Crippen LogP contribution in [0.4, 0.5) is 13.2 Å². The van der Waals surface area contributed by atoms with Crippen LogP contribution in [0.15, 0.2) is 36.5 Å². The molecule has 7 heteroatoms. The number of aromatic amines is 1. The van der Waals surface area contributed by atoms with E-state index < -0.39 is 17.7 Å². The molecule has 2 rings (SSSR count). The third-order valence-corrected chi connectivity index (χ3v) is 3.39. The van der Waals surface area contributed by atoms with E-state index in [0.717, 1.165) is 12.1 Å². The van der Waals surface area contributed by atoms with E-state index in [4.69, 9.17) is 9.47 Å². The van der Waals surface area contributed by atoms with Gasteiger partial charge in [-0.1, -0.05) is 0 Å². The molecule has 0 fully saturated rings. The Bertz CT molecular complexity index is 820. The first-order valence-electron chi connectivity index (χ1n) is 8.51. The molecule has 1 aromatic carbocycles. The van der Waals surface area contributed by atoms with Gasteiger partial charge < -0.3 is 14.5 Å². The van der Waals surface area contributed by atoms with Crippen LogP contribution in [0.5, 0.6) is 5.75 Å². The lowest BCUT2D eigenvalue weighted by molar-refractivity contribution is -0.141. The third kappa shape index (κ3) is 6.20. The van der Waals surface area contributed by atoms with Gasteiger partial charge in [0.15, 0.2) is 0 Å². The molecule has 0 bridgehead atoms. The van der Waals surface area contributed by atoms with Crippen molar-refractivity contribution in [3.8, 4) is 17.0 Å². The molecule has 0 radical (unpaired) electrons. The lowest BCUT2D eigenvalue weighted by Gasteiger charge is -2.14. The minimum absolute atomic E-state index is 0.141. The maximum Gasteiger partial charge on any atom is 0.416 e. The first kappa shape index (κ1) is 20.6. The topological polar surface area (TPSA) is 51.3 Å². The zero-order valence-corrected chi connectivity index (χ0v) is 15.6. The van der Waals surface area contributed by atoms with Crippen molar-refractivity contribution < 1.29 is 27.4 Å². The molecule has 0 atom stereocenters. The van der Waals surface area contributed by atoms with Crippen LogP contribution in [0, 0.1) is 0 Å². The molecule has 27 heavy (non-hydrogen) atoms. The largest absolute Gasteiger partial charge is 0.491 e. The Morgan fingerprint density at radius 2 is 1.78 bits per heavy atom. The summed E-state index contributed by atoms with van der Waals surface area (Å²) in [6.07, 6.45) is -0.571. The first-order valence-corrected chi connectivity index (χ1v) is 8.51. The van der Waals surface area contributed by atoms with E-state index in [-0.39, 0.29) is 18.0 Å². The van der Waals surface area contributed by atoms with Gasteiger partial charge in [0, 0.05) is 23.5 Å². The van der Waals surface area contributed by atoms with Crippen LogP contribution < -0.4 is 4.74 Å². The average Bonchev–Trinajstić information content (AvgIpc) is 2.99. The maximum absolute atomic E-state index is 13.2. The summed E-state index contributed by atoms with van der Waals surface area (Å²) in [5, 5.41) is 0. The number of ether oxygens (including phenoxy) is 2. The number of halogens is 3. The molecule has 146 valence electrons. The molecule has 0 aliphatic carbocycles. The van der Waals surface area contributed by atoms with Gasteiger partial charge in [-0.05, 0) is 63.6 Å². The number of carbonyl (C=O) groups is 1. The first-order chi connectivity index (χ1) is 12.5. The Morgan fingerprint density at radius 1 is 1.07 bits per heavy atom. The highest BCUT2D eigenvalue weighted by Gasteiger charge is 2.31. The van der Waals surface area contributed by atoms with Crippen molar-refractivity contribution in [1.82, 2.24) is 4.98 Å². The quantitative estimate of drug-likeness (QED) is 0.535. The normalized spacial score (nSPS) is 12.2. The van der Waals surface area contributed by atoms with Crippen molar-refractivity contribution in [1.29, 1.82) is 0 Å². The molecule has 0 spiro atoms.